The molecule has 0 spiro atoms. The number of aromatic hydroxyl groups is 1. The lowest BCUT2D eigenvalue weighted by Gasteiger charge is -2.26. The maximum atomic E-state index is 14.2. The molecule has 3 aromatic heterocycles. The third-order valence-corrected chi connectivity index (χ3v) is 6.95. The summed E-state index contributed by atoms with van der Waals surface area (Å²) in [5.74, 6) is -0.279. The zero-order valence-electron chi connectivity index (χ0n) is 21.3. The van der Waals surface area contributed by atoms with Crippen molar-refractivity contribution in [1.82, 2.24) is 24.6 Å². The van der Waals surface area contributed by atoms with Crippen LogP contribution >= 0.6 is 12.4 Å². The minimum Gasteiger partial charge on any atom is -0.508 e. The number of nitrogen functional groups attached to an aromatic ring is 1. The van der Waals surface area contributed by atoms with Crippen molar-refractivity contribution >= 4 is 45.6 Å². The summed E-state index contributed by atoms with van der Waals surface area (Å²) in [6.45, 7) is 3.49. The summed E-state index contributed by atoms with van der Waals surface area (Å²) in [5, 5.41) is 16.5. The van der Waals surface area contributed by atoms with Gasteiger partial charge in [0.2, 0.25) is 0 Å². The molecule has 0 radical (unpaired) electrons. The summed E-state index contributed by atoms with van der Waals surface area (Å²) >= 11 is 0. The minimum atomic E-state index is -0.623. The molecule has 0 bridgehead atoms. The van der Waals surface area contributed by atoms with Crippen LogP contribution in [0, 0.1) is 5.82 Å². The standard InChI is InChI=1S/C28H25FN6O3.ClH/c1-15(25-22(16-6-5-9-34(2)13-16)20-7-3-4-8-21(20)28(37)38-25)35-27-23(26(30)31-14-32-27)24(33-35)17-10-18(29)12-19(36)11-17;/h3-4,6-8,10-12,14-15,36H,5,9,13H2,1-2H3,(H2,30,31,32);1H. The van der Waals surface area contributed by atoms with Gasteiger partial charge in [-0.2, -0.15) is 5.10 Å². The number of benzene rings is 2. The Morgan fingerprint density at radius 2 is 1.92 bits per heavy atom. The van der Waals surface area contributed by atoms with Crippen molar-refractivity contribution in [2.24, 2.45) is 0 Å². The average Bonchev–Trinajstić information content (AvgIpc) is 3.29. The molecule has 0 saturated heterocycles. The molecule has 4 heterocycles. The van der Waals surface area contributed by atoms with Crippen molar-refractivity contribution in [3.8, 4) is 17.0 Å². The smallest absolute Gasteiger partial charge is 0.343 e. The van der Waals surface area contributed by atoms with E-state index < -0.39 is 17.5 Å². The van der Waals surface area contributed by atoms with Gasteiger partial charge < -0.3 is 20.2 Å². The number of aromatic nitrogens is 4. The van der Waals surface area contributed by atoms with Crippen molar-refractivity contribution in [3.05, 3.63) is 82.4 Å². The molecule has 39 heavy (non-hydrogen) atoms. The highest BCUT2D eigenvalue weighted by molar-refractivity contribution is 5.99. The number of rotatable bonds is 4. The van der Waals surface area contributed by atoms with Crippen molar-refractivity contribution < 1.29 is 13.9 Å². The fraction of sp³-hybridized carbons (Fsp3) is 0.214. The third kappa shape index (κ3) is 4.51. The fourth-order valence-electron chi connectivity index (χ4n) is 5.21. The van der Waals surface area contributed by atoms with E-state index in [9.17, 15) is 14.3 Å². The van der Waals surface area contributed by atoms with Gasteiger partial charge in [0.25, 0.3) is 0 Å². The van der Waals surface area contributed by atoms with Crippen LogP contribution in [0.2, 0.25) is 0 Å². The van der Waals surface area contributed by atoms with E-state index in [-0.39, 0.29) is 24.0 Å². The van der Waals surface area contributed by atoms with Gasteiger partial charge >= 0.3 is 5.63 Å². The second-order valence-electron chi connectivity index (χ2n) is 9.55. The number of phenolic OH excluding ortho intramolecular Hbond substituents is 1. The number of nitrogens with zero attached hydrogens (tertiary/aromatic N) is 5. The molecule has 0 amide bonds. The monoisotopic (exact) mass is 548 g/mol. The van der Waals surface area contributed by atoms with E-state index in [0.717, 1.165) is 35.6 Å². The molecule has 1 aliphatic heterocycles. The van der Waals surface area contributed by atoms with E-state index in [1.165, 1.54) is 18.5 Å². The lowest BCUT2D eigenvalue weighted by Crippen LogP contribution is -2.26. The normalized spacial score (nSPS) is 14.8. The first-order valence-electron chi connectivity index (χ1n) is 12.2. The van der Waals surface area contributed by atoms with E-state index in [1.807, 2.05) is 25.1 Å². The van der Waals surface area contributed by atoms with Gasteiger partial charge in [-0.1, -0.05) is 24.3 Å². The van der Waals surface area contributed by atoms with Crippen LogP contribution < -0.4 is 11.4 Å². The van der Waals surface area contributed by atoms with E-state index in [1.54, 1.807) is 10.7 Å². The Labute approximate surface area is 228 Å². The maximum absolute atomic E-state index is 14.2. The highest BCUT2D eigenvalue weighted by Crippen LogP contribution is 2.38. The Morgan fingerprint density at radius 1 is 1.15 bits per heavy atom. The number of anilines is 1. The molecule has 6 rings (SSSR count). The van der Waals surface area contributed by atoms with Gasteiger partial charge in [0.1, 0.15) is 41.2 Å². The van der Waals surface area contributed by atoms with Gasteiger partial charge in [-0.05, 0) is 49.6 Å². The summed E-state index contributed by atoms with van der Waals surface area (Å²) in [7, 11) is 2.05. The average molecular weight is 549 g/mol. The van der Waals surface area contributed by atoms with Crippen LogP contribution in [0.25, 0.3) is 38.6 Å². The first-order valence-corrected chi connectivity index (χ1v) is 12.2. The second-order valence-corrected chi connectivity index (χ2v) is 9.55. The zero-order chi connectivity index (χ0) is 26.6. The van der Waals surface area contributed by atoms with Crippen LogP contribution in [-0.4, -0.2) is 49.9 Å². The van der Waals surface area contributed by atoms with Crippen molar-refractivity contribution in [2.45, 2.75) is 19.4 Å². The molecule has 2 aromatic carbocycles. The van der Waals surface area contributed by atoms with Crippen LogP contribution in [0.3, 0.4) is 0 Å². The molecular weight excluding hydrogens is 523 g/mol. The van der Waals surface area contributed by atoms with Crippen LogP contribution in [0.4, 0.5) is 10.2 Å². The number of likely N-dealkylation sites (N-methyl/N-ethyl adjacent to an activating group) is 1. The number of halogens is 2. The summed E-state index contributed by atoms with van der Waals surface area (Å²) in [5.41, 5.74) is 8.70. The molecule has 5 aromatic rings. The molecule has 1 atom stereocenters. The number of hydrogen-bond acceptors (Lipinski definition) is 8. The van der Waals surface area contributed by atoms with Crippen molar-refractivity contribution in [2.75, 3.05) is 25.9 Å². The van der Waals surface area contributed by atoms with Crippen LogP contribution in [0.15, 0.2) is 64.1 Å². The summed E-state index contributed by atoms with van der Waals surface area (Å²) in [6.07, 6.45) is 4.38. The highest BCUT2D eigenvalue weighted by Gasteiger charge is 2.28. The molecule has 1 aliphatic rings. The predicted molar refractivity (Wildman–Crippen MR) is 150 cm³/mol. The van der Waals surface area contributed by atoms with Crippen molar-refractivity contribution in [1.29, 1.82) is 0 Å². The molecule has 3 N–H and O–H groups in total. The quantitative estimate of drug-likeness (QED) is 0.329. The second kappa shape index (κ2) is 10.1. The summed E-state index contributed by atoms with van der Waals surface area (Å²) < 4.78 is 21.8. The van der Waals surface area contributed by atoms with Gasteiger partial charge in [-0.25, -0.2) is 23.8 Å². The number of hydrogen-bond donors (Lipinski definition) is 2. The molecule has 1 unspecified atom stereocenters. The Morgan fingerprint density at radius 3 is 2.67 bits per heavy atom. The Bertz CT molecular complexity index is 1800. The number of fused-ring (bicyclic) bond motifs is 2. The van der Waals surface area contributed by atoms with Crippen molar-refractivity contribution in [3.63, 3.8) is 0 Å². The van der Waals surface area contributed by atoms with E-state index in [0.29, 0.717) is 40.0 Å². The SMILES string of the molecule is CC(c1oc(=O)c2ccccc2c1C1=CCCN(C)C1)n1nc(-c2cc(O)cc(F)c2)c2c(N)ncnc21.Cl. The topological polar surface area (TPSA) is 123 Å². The fourth-order valence-corrected chi connectivity index (χ4v) is 5.21. The molecule has 0 fully saturated rings. The van der Waals surface area contributed by atoms with E-state index in [4.69, 9.17) is 15.2 Å². The Hall–Kier alpha value is -4.28. The molecular formula is C28H26ClFN6O3. The van der Waals surface area contributed by atoms with E-state index in [2.05, 4.69) is 28.0 Å². The summed E-state index contributed by atoms with van der Waals surface area (Å²) in [4.78, 5) is 23.9. The number of phenols is 1. The maximum Gasteiger partial charge on any atom is 0.343 e. The predicted octanol–water partition coefficient (Wildman–Crippen LogP) is 4.78. The molecule has 9 nitrogen and oxygen atoms in total. The zero-order valence-corrected chi connectivity index (χ0v) is 22.1. The molecule has 0 aliphatic carbocycles. The van der Waals surface area contributed by atoms with Crippen LogP contribution in [0.5, 0.6) is 5.75 Å². The van der Waals surface area contributed by atoms with Gasteiger partial charge in [0.05, 0.1) is 10.8 Å². The first-order chi connectivity index (χ1) is 18.3. The lowest BCUT2D eigenvalue weighted by molar-refractivity contribution is 0.369. The van der Waals surface area contributed by atoms with Gasteiger partial charge in [-0.15, -0.1) is 12.4 Å². The molecule has 200 valence electrons. The molecule has 11 heteroatoms. The summed E-state index contributed by atoms with van der Waals surface area (Å²) in [6, 6.07) is 10.5. The Kier molecular flexibility index (Phi) is 6.83. The van der Waals surface area contributed by atoms with Crippen LogP contribution in [0.1, 0.15) is 30.7 Å². The largest absolute Gasteiger partial charge is 0.508 e. The molecule has 0 saturated carbocycles. The Balaban J connectivity index is 0.00000308. The van der Waals surface area contributed by atoms with Crippen LogP contribution in [-0.2, 0) is 0 Å². The third-order valence-electron chi connectivity index (χ3n) is 6.95. The van der Waals surface area contributed by atoms with E-state index >= 15 is 0 Å². The van der Waals surface area contributed by atoms with Gasteiger partial charge in [0.15, 0.2) is 5.65 Å². The first kappa shape index (κ1) is 26.3. The minimum absolute atomic E-state index is 0. The lowest BCUT2D eigenvalue weighted by atomic mass is 9.93. The van der Waals surface area contributed by atoms with Gasteiger partial charge in [0, 0.05) is 30.3 Å². The highest BCUT2D eigenvalue weighted by atomic mass is 35.5. The number of nitrogens with two attached hydrogens (primary N) is 1. The van der Waals surface area contributed by atoms with Gasteiger partial charge in [-0.3, -0.25) is 0 Å².